The second kappa shape index (κ2) is 9.17. The van der Waals surface area contributed by atoms with Crippen LogP contribution in [0.4, 0.5) is 15.8 Å². The highest BCUT2D eigenvalue weighted by Crippen LogP contribution is 2.27. The van der Waals surface area contributed by atoms with Crippen LogP contribution in [0.15, 0.2) is 42.5 Å². The van der Waals surface area contributed by atoms with E-state index in [9.17, 15) is 14.0 Å². The van der Waals surface area contributed by atoms with Crippen LogP contribution < -0.4 is 15.4 Å². The Morgan fingerprint density at radius 3 is 2.31 bits per heavy atom. The zero-order valence-electron chi connectivity index (χ0n) is 14.4. The van der Waals surface area contributed by atoms with E-state index in [1.54, 1.807) is 30.1 Å². The number of nitrogens with one attached hydrogen (secondary N) is 2. The van der Waals surface area contributed by atoms with E-state index in [0.717, 1.165) is 0 Å². The van der Waals surface area contributed by atoms with Crippen molar-refractivity contribution in [1.29, 1.82) is 0 Å². The monoisotopic (exact) mass is 379 g/mol. The molecule has 138 valence electrons. The van der Waals surface area contributed by atoms with E-state index in [-0.39, 0.29) is 30.7 Å². The molecule has 0 radical (unpaired) electrons. The summed E-state index contributed by atoms with van der Waals surface area (Å²) in [4.78, 5) is 25.7. The fourth-order valence-electron chi connectivity index (χ4n) is 2.25. The van der Waals surface area contributed by atoms with Gasteiger partial charge in [-0.3, -0.25) is 14.5 Å². The molecule has 2 rings (SSSR count). The summed E-state index contributed by atoms with van der Waals surface area (Å²) in [5.41, 5.74) is 0.937. The Hall–Kier alpha value is -2.64. The molecule has 0 saturated heterocycles. The molecule has 0 heterocycles. The zero-order chi connectivity index (χ0) is 19.1. The van der Waals surface area contributed by atoms with E-state index < -0.39 is 0 Å². The lowest BCUT2D eigenvalue weighted by Gasteiger charge is -2.17. The highest BCUT2D eigenvalue weighted by molar-refractivity contribution is 6.31. The van der Waals surface area contributed by atoms with Gasteiger partial charge in [0, 0.05) is 10.7 Å². The molecule has 0 unspecified atom stereocenters. The maximum absolute atomic E-state index is 12.9. The van der Waals surface area contributed by atoms with Gasteiger partial charge >= 0.3 is 0 Å². The molecule has 26 heavy (non-hydrogen) atoms. The normalized spacial score (nSPS) is 10.5. The van der Waals surface area contributed by atoms with Crippen LogP contribution in [-0.2, 0) is 9.59 Å². The first kappa shape index (κ1) is 19.7. The summed E-state index contributed by atoms with van der Waals surface area (Å²) >= 11 is 5.92. The van der Waals surface area contributed by atoms with Crippen LogP contribution in [0.5, 0.6) is 5.75 Å². The van der Waals surface area contributed by atoms with Crippen LogP contribution >= 0.6 is 11.6 Å². The lowest BCUT2D eigenvalue weighted by atomic mass is 10.3. The summed E-state index contributed by atoms with van der Waals surface area (Å²) in [6, 6.07) is 10.3. The molecule has 2 aromatic carbocycles. The molecule has 0 atom stereocenters. The van der Waals surface area contributed by atoms with Gasteiger partial charge in [0.05, 0.1) is 25.9 Å². The van der Waals surface area contributed by atoms with Gasteiger partial charge in [0.15, 0.2) is 0 Å². The van der Waals surface area contributed by atoms with Crippen LogP contribution in [0, 0.1) is 5.82 Å². The maximum atomic E-state index is 12.9. The van der Waals surface area contributed by atoms with E-state index in [0.29, 0.717) is 22.1 Å². The molecule has 8 heteroatoms. The number of carbonyl (C=O) groups is 2. The molecule has 2 amide bonds. The number of hydrogen-bond donors (Lipinski definition) is 2. The molecule has 0 fully saturated rings. The van der Waals surface area contributed by atoms with Gasteiger partial charge < -0.3 is 15.4 Å². The lowest BCUT2D eigenvalue weighted by Crippen LogP contribution is -2.36. The van der Waals surface area contributed by atoms with Crippen molar-refractivity contribution in [2.45, 2.75) is 0 Å². The van der Waals surface area contributed by atoms with Gasteiger partial charge in [-0.25, -0.2) is 4.39 Å². The van der Waals surface area contributed by atoms with E-state index in [1.807, 2.05) is 0 Å². The number of benzene rings is 2. The fourth-order valence-corrected chi connectivity index (χ4v) is 2.42. The topological polar surface area (TPSA) is 70.7 Å². The summed E-state index contributed by atoms with van der Waals surface area (Å²) in [6.45, 7) is -0.00994. The third-order valence-corrected chi connectivity index (χ3v) is 3.63. The highest BCUT2D eigenvalue weighted by Gasteiger charge is 2.13. The number of halogens is 2. The summed E-state index contributed by atoms with van der Waals surface area (Å²) < 4.78 is 18.0. The molecule has 2 N–H and O–H groups in total. The first-order valence-electron chi connectivity index (χ1n) is 7.74. The Morgan fingerprint density at radius 1 is 1.08 bits per heavy atom. The number of anilines is 2. The Kier molecular flexibility index (Phi) is 6.94. The second-order valence-corrected chi connectivity index (χ2v) is 6.06. The predicted molar refractivity (Wildman–Crippen MR) is 99.2 cm³/mol. The third-order valence-electron chi connectivity index (χ3n) is 3.39. The van der Waals surface area contributed by atoms with Gasteiger partial charge in [-0.05, 0) is 49.5 Å². The summed E-state index contributed by atoms with van der Waals surface area (Å²) in [5.74, 6) is -0.525. The summed E-state index contributed by atoms with van der Waals surface area (Å²) in [5, 5.41) is 5.80. The molecule has 0 aliphatic heterocycles. The van der Waals surface area contributed by atoms with E-state index in [1.165, 1.54) is 31.4 Å². The number of likely N-dealkylation sites (N-methyl/N-ethyl adjacent to an activating group) is 1. The zero-order valence-corrected chi connectivity index (χ0v) is 15.1. The number of hydrogen-bond acceptors (Lipinski definition) is 4. The Labute approximate surface area is 155 Å². The van der Waals surface area contributed by atoms with Crippen molar-refractivity contribution < 1.29 is 18.7 Å². The SMILES string of the molecule is COc1ccc(Cl)cc1NC(=O)CN(C)CC(=O)Nc1ccc(F)cc1. The molecule has 0 spiro atoms. The Bertz CT molecular complexity index is 784. The molecule has 0 saturated carbocycles. The van der Waals surface area contributed by atoms with Gasteiger partial charge in [0.1, 0.15) is 11.6 Å². The highest BCUT2D eigenvalue weighted by atomic mass is 35.5. The van der Waals surface area contributed by atoms with E-state index in [2.05, 4.69) is 10.6 Å². The molecule has 0 aromatic heterocycles. The third kappa shape index (κ3) is 6.02. The first-order chi connectivity index (χ1) is 12.4. The number of rotatable bonds is 7. The van der Waals surface area contributed by atoms with E-state index >= 15 is 0 Å². The molecular formula is C18H19ClFN3O3. The van der Waals surface area contributed by atoms with Gasteiger partial charge in [-0.1, -0.05) is 11.6 Å². The molecule has 2 aromatic rings. The summed E-state index contributed by atoms with van der Waals surface area (Å²) in [7, 11) is 3.13. The standard InChI is InChI=1S/C18H19ClFN3O3/c1-23(10-17(24)21-14-6-4-13(20)5-7-14)11-18(25)22-15-9-12(19)3-8-16(15)26-2/h3-9H,10-11H2,1-2H3,(H,21,24)(H,22,25). The van der Waals surface area contributed by atoms with Crippen LogP contribution in [0.2, 0.25) is 5.02 Å². The van der Waals surface area contributed by atoms with Crippen molar-refractivity contribution in [2.75, 3.05) is 37.9 Å². The minimum absolute atomic E-state index is 0.00250. The summed E-state index contributed by atoms with van der Waals surface area (Å²) in [6.07, 6.45) is 0. The Morgan fingerprint density at radius 2 is 1.69 bits per heavy atom. The number of amides is 2. The van der Waals surface area contributed by atoms with Crippen molar-refractivity contribution in [3.63, 3.8) is 0 Å². The van der Waals surface area contributed by atoms with Crippen molar-refractivity contribution in [2.24, 2.45) is 0 Å². The number of ether oxygens (including phenoxy) is 1. The number of nitrogens with zero attached hydrogens (tertiary/aromatic N) is 1. The Balaban J connectivity index is 1.86. The van der Waals surface area contributed by atoms with Gasteiger partial charge in [-0.2, -0.15) is 0 Å². The molecular weight excluding hydrogens is 361 g/mol. The molecule has 0 aliphatic rings. The lowest BCUT2D eigenvalue weighted by molar-refractivity contribution is -0.119. The molecule has 0 bridgehead atoms. The average molecular weight is 380 g/mol. The van der Waals surface area contributed by atoms with Gasteiger partial charge in [-0.15, -0.1) is 0 Å². The van der Waals surface area contributed by atoms with Gasteiger partial charge in [0.2, 0.25) is 11.8 Å². The maximum Gasteiger partial charge on any atom is 0.238 e. The van der Waals surface area contributed by atoms with Crippen molar-refractivity contribution >= 4 is 34.8 Å². The van der Waals surface area contributed by atoms with E-state index in [4.69, 9.17) is 16.3 Å². The predicted octanol–water partition coefficient (Wildman–Crippen LogP) is 3.00. The van der Waals surface area contributed by atoms with Crippen molar-refractivity contribution in [3.05, 3.63) is 53.3 Å². The van der Waals surface area contributed by atoms with Gasteiger partial charge in [0.25, 0.3) is 0 Å². The fraction of sp³-hybridized carbons (Fsp3) is 0.222. The average Bonchev–Trinajstić information content (AvgIpc) is 2.56. The van der Waals surface area contributed by atoms with Crippen molar-refractivity contribution in [1.82, 2.24) is 4.90 Å². The van der Waals surface area contributed by atoms with Crippen LogP contribution in [0.3, 0.4) is 0 Å². The minimum Gasteiger partial charge on any atom is -0.495 e. The number of methoxy groups -OCH3 is 1. The quantitative estimate of drug-likeness (QED) is 0.775. The largest absolute Gasteiger partial charge is 0.495 e. The minimum atomic E-state index is -0.381. The molecule has 6 nitrogen and oxygen atoms in total. The first-order valence-corrected chi connectivity index (χ1v) is 8.12. The van der Waals surface area contributed by atoms with Crippen LogP contribution in [-0.4, -0.2) is 44.0 Å². The smallest absolute Gasteiger partial charge is 0.238 e. The second-order valence-electron chi connectivity index (χ2n) is 5.62. The van der Waals surface area contributed by atoms with Crippen molar-refractivity contribution in [3.8, 4) is 5.75 Å². The molecule has 0 aliphatic carbocycles. The number of carbonyl (C=O) groups excluding carboxylic acids is 2. The van der Waals surface area contributed by atoms with Crippen LogP contribution in [0.25, 0.3) is 0 Å². The van der Waals surface area contributed by atoms with Crippen LogP contribution in [0.1, 0.15) is 0 Å².